The van der Waals surface area contributed by atoms with Crippen molar-refractivity contribution < 1.29 is 14.6 Å². The number of pyridine rings is 1. The second-order valence-corrected chi connectivity index (χ2v) is 11.1. The van der Waals surface area contributed by atoms with E-state index in [2.05, 4.69) is 59.2 Å². The number of aliphatic carboxylic acids is 1. The van der Waals surface area contributed by atoms with E-state index in [-0.39, 0.29) is 11.5 Å². The lowest BCUT2D eigenvalue weighted by molar-refractivity contribution is -0.141. The van der Waals surface area contributed by atoms with Crippen LogP contribution in [0.4, 0.5) is 0 Å². The fourth-order valence-corrected chi connectivity index (χ4v) is 5.67. The highest BCUT2D eigenvalue weighted by Crippen LogP contribution is 2.37. The molecular weight excluding hydrogens is 478 g/mol. The molecule has 0 radical (unpaired) electrons. The molecule has 0 fully saturated rings. The second kappa shape index (κ2) is 9.83. The van der Waals surface area contributed by atoms with Gasteiger partial charge in [-0.15, -0.1) is 5.10 Å². The van der Waals surface area contributed by atoms with Crippen LogP contribution in [0.5, 0.6) is 5.75 Å². The summed E-state index contributed by atoms with van der Waals surface area (Å²) in [4.78, 5) is 19.0. The van der Waals surface area contributed by atoms with Crippen LogP contribution in [0.25, 0.3) is 11.0 Å². The number of hydrogen-bond acceptors (Lipinski definition) is 6. The largest absolute Gasteiger partial charge is 0.486 e. The number of fused-ring (bicyclic) bond motifs is 2. The first kappa shape index (κ1) is 25.9. The monoisotopic (exact) mass is 513 g/mol. The fraction of sp³-hybridized carbons (Fsp3) is 0.400. The molecule has 2 atom stereocenters. The highest BCUT2D eigenvalue weighted by atomic mass is 16.5. The van der Waals surface area contributed by atoms with Crippen LogP contribution < -0.4 is 4.74 Å². The van der Waals surface area contributed by atoms with Gasteiger partial charge in [0.25, 0.3) is 0 Å². The minimum atomic E-state index is -0.828. The third-order valence-electron chi connectivity index (χ3n) is 7.67. The first-order chi connectivity index (χ1) is 18.0. The van der Waals surface area contributed by atoms with Crippen LogP contribution in [0.2, 0.25) is 0 Å². The Balaban J connectivity index is 1.54. The minimum Gasteiger partial charge on any atom is -0.486 e. The summed E-state index contributed by atoms with van der Waals surface area (Å²) in [6.07, 6.45) is 3.64. The number of carboxylic acids is 1. The summed E-state index contributed by atoms with van der Waals surface area (Å²) in [5.74, 6) is -0.900. The molecule has 5 rings (SSSR count). The molecule has 0 saturated carbocycles. The van der Waals surface area contributed by atoms with Crippen molar-refractivity contribution in [2.75, 3.05) is 6.54 Å². The van der Waals surface area contributed by atoms with Gasteiger partial charge in [0.05, 0.1) is 11.4 Å². The summed E-state index contributed by atoms with van der Waals surface area (Å²) >= 11 is 0. The molecular formula is C30H35N5O3. The molecule has 2 aromatic heterocycles. The molecule has 1 N–H and O–H groups in total. The summed E-state index contributed by atoms with van der Waals surface area (Å²) in [6.45, 7) is 12.3. The predicted molar refractivity (Wildman–Crippen MR) is 146 cm³/mol. The van der Waals surface area contributed by atoms with Gasteiger partial charge in [0, 0.05) is 50.6 Å². The summed E-state index contributed by atoms with van der Waals surface area (Å²) in [5, 5.41) is 18.6. The van der Waals surface area contributed by atoms with Gasteiger partial charge in [-0.3, -0.25) is 14.7 Å². The van der Waals surface area contributed by atoms with E-state index in [1.54, 1.807) is 17.8 Å². The van der Waals surface area contributed by atoms with Crippen molar-refractivity contribution >= 4 is 17.0 Å². The molecule has 0 saturated heterocycles. The van der Waals surface area contributed by atoms with Crippen LogP contribution in [-0.2, 0) is 24.9 Å². The third-order valence-corrected chi connectivity index (χ3v) is 7.67. The van der Waals surface area contributed by atoms with Gasteiger partial charge in [-0.05, 0) is 67.6 Å². The third kappa shape index (κ3) is 4.88. The van der Waals surface area contributed by atoms with Crippen molar-refractivity contribution in [2.24, 2.45) is 13.0 Å². The molecule has 0 aliphatic carbocycles. The van der Waals surface area contributed by atoms with E-state index in [0.29, 0.717) is 0 Å². The number of aromatic nitrogens is 4. The summed E-state index contributed by atoms with van der Waals surface area (Å²) in [6, 6.07) is 12.3. The Hall–Kier alpha value is -3.78. The van der Waals surface area contributed by atoms with Crippen molar-refractivity contribution in [2.45, 2.75) is 59.2 Å². The van der Waals surface area contributed by atoms with Crippen LogP contribution in [-0.4, -0.2) is 48.1 Å². The maximum Gasteiger partial charge on any atom is 0.307 e. The summed E-state index contributed by atoms with van der Waals surface area (Å²) in [7, 11) is 1.86. The van der Waals surface area contributed by atoms with Crippen LogP contribution in [0.15, 0.2) is 48.8 Å². The van der Waals surface area contributed by atoms with E-state index in [0.717, 1.165) is 58.7 Å². The topological polar surface area (TPSA) is 93.4 Å². The van der Waals surface area contributed by atoms with Crippen LogP contribution in [0.3, 0.4) is 0 Å². The summed E-state index contributed by atoms with van der Waals surface area (Å²) in [5.41, 5.74) is 7.70. The Kier molecular flexibility index (Phi) is 6.69. The quantitative estimate of drug-likeness (QED) is 0.388. The molecule has 38 heavy (non-hydrogen) atoms. The second-order valence-electron chi connectivity index (χ2n) is 11.1. The van der Waals surface area contributed by atoms with Gasteiger partial charge >= 0.3 is 5.97 Å². The molecule has 1 aliphatic heterocycles. The van der Waals surface area contributed by atoms with E-state index >= 15 is 0 Å². The first-order valence-electron chi connectivity index (χ1n) is 13.0. The van der Waals surface area contributed by atoms with E-state index in [9.17, 15) is 9.90 Å². The zero-order chi connectivity index (χ0) is 27.2. The number of hydrogen-bond donors (Lipinski definition) is 1. The van der Waals surface area contributed by atoms with Crippen LogP contribution >= 0.6 is 0 Å². The van der Waals surface area contributed by atoms with Crippen molar-refractivity contribution in [3.05, 3.63) is 82.2 Å². The molecule has 8 nitrogen and oxygen atoms in total. The van der Waals surface area contributed by atoms with Crippen LogP contribution in [0, 0.1) is 19.8 Å². The number of carboxylic acid groups (broad SMARTS) is 1. The number of rotatable bonds is 6. The van der Waals surface area contributed by atoms with Crippen molar-refractivity contribution in [3.8, 4) is 5.75 Å². The van der Waals surface area contributed by atoms with Gasteiger partial charge < -0.3 is 9.84 Å². The lowest BCUT2D eigenvalue weighted by Crippen LogP contribution is -2.40. The Labute approximate surface area is 223 Å². The SMILES string of the molecule is Cc1ccc(C(c2ccc3c(nnn3C)c2C)C(C)C(=O)O)cc1CN1Cc2cnccc2OC(C)(C)C1. The van der Waals surface area contributed by atoms with Gasteiger partial charge in [0.1, 0.15) is 16.9 Å². The smallest absolute Gasteiger partial charge is 0.307 e. The average molecular weight is 514 g/mol. The molecule has 8 heteroatoms. The molecule has 4 aromatic rings. The Morgan fingerprint density at radius 3 is 2.74 bits per heavy atom. The molecule has 2 unspecified atom stereocenters. The van der Waals surface area contributed by atoms with Crippen LogP contribution in [0.1, 0.15) is 60.1 Å². The number of aryl methyl sites for hydroxylation is 3. The number of nitrogens with zero attached hydrogens (tertiary/aromatic N) is 5. The van der Waals surface area contributed by atoms with Gasteiger partial charge in [-0.2, -0.15) is 0 Å². The number of carbonyl (C=O) groups is 1. The first-order valence-corrected chi connectivity index (χ1v) is 13.0. The average Bonchev–Trinajstić information content (AvgIpc) is 3.17. The fourth-order valence-electron chi connectivity index (χ4n) is 5.67. The van der Waals surface area contributed by atoms with Gasteiger partial charge in [0.15, 0.2) is 0 Å². The lowest BCUT2D eigenvalue weighted by atomic mass is 9.79. The molecule has 0 bridgehead atoms. The van der Waals surface area contributed by atoms with Crippen molar-refractivity contribution in [1.29, 1.82) is 0 Å². The van der Waals surface area contributed by atoms with E-state index < -0.39 is 11.9 Å². The maximum absolute atomic E-state index is 12.3. The van der Waals surface area contributed by atoms with Crippen molar-refractivity contribution in [3.63, 3.8) is 0 Å². The Bertz CT molecular complexity index is 1510. The van der Waals surface area contributed by atoms with Gasteiger partial charge in [0.2, 0.25) is 0 Å². The lowest BCUT2D eigenvalue weighted by Gasteiger charge is -2.30. The van der Waals surface area contributed by atoms with E-state index in [1.165, 1.54) is 11.1 Å². The molecule has 1 aliphatic rings. The minimum absolute atomic E-state index is 0.327. The number of benzene rings is 2. The highest BCUT2D eigenvalue weighted by molar-refractivity contribution is 5.80. The molecule has 198 valence electrons. The molecule has 3 heterocycles. The van der Waals surface area contributed by atoms with E-state index in [1.807, 2.05) is 38.4 Å². The van der Waals surface area contributed by atoms with E-state index in [4.69, 9.17) is 4.74 Å². The van der Waals surface area contributed by atoms with Gasteiger partial charge in [-0.1, -0.05) is 36.4 Å². The zero-order valence-corrected chi connectivity index (χ0v) is 22.9. The van der Waals surface area contributed by atoms with Gasteiger partial charge in [-0.25, -0.2) is 4.68 Å². The van der Waals surface area contributed by atoms with Crippen molar-refractivity contribution in [1.82, 2.24) is 24.9 Å². The summed E-state index contributed by atoms with van der Waals surface area (Å²) < 4.78 is 8.05. The predicted octanol–water partition coefficient (Wildman–Crippen LogP) is 5.01. The molecule has 0 spiro atoms. The Morgan fingerprint density at radius 2 is 1.97 bits per heavy atom. The zero-order valence-electron chi connectivity index (χ0n) is 22.9. The molecule has 2 aromatic carbocycles. The number of ether oxygens (including phenoxy) is 1. The highest BCUT2D eigenvalue weighted by Gasteiger charge is 2.31. The standard InChI is InChI=1S/C30H35N5O3/c1-18-7-8-21(13-22(18)15-35-16-23-14-31-12-11-26(23)38-30(4,5)17-35)27(20(3)29(36)37)24-9-10-25-28(19(24)2)32-33-34(25)6/h7-14,20,27H,15-17H2,1-6H3,(H,36,37). The molecule has 0 amide bonds. The maximum atomic E-state index is 12.3. The Morgan fingerprint density at radius 1 is 1.18 bits per heavy atom. The normalized spacial score (nSPS) is 16.9.